The van der Waals surface area contributed by atoms with E-state index in [1.54, 1.807) is 6.92 Å². The number of nitrogens with one attached hydrogen (secondary N) is 2. The SMILES string of the molecule is CNC(=O)C(C)Nc1ccc([N+](=O)[O-])c(N)n1. The van der Waals surface area contributed by atoms with Crippen LogP contribution in [0.3, 0.4) is 0 Å². The second kappa shape index (κ2) is 5.10. The molecule has 1 amide bonds. The largest absolute Gasteiger partial charge is 0.378 e. The zero-order valence-corrected chi connectivity index (χ0v) is 9.43. The van der Waals surface area contributed by atoms with E-state index in [-0.39, 0.29) is 17.4 Å². The van der Waals surface area contributed by atoms with E-state index in [0.29, 0.717) is 5.82 Å². The maximum atomic E-state index is 11.2. The van der Waals surface area contributed by atoms with E-state index >= 15 is 0 Å². The first-order valence-electron chi connectivity index (χ1n) is 4.84. The summed E-state index contributed by atoms with van der Waals surface area (Å²) in [4.78, 5) is 24.9. The van der Waals surface area contributed by atoms with Crippen LogP contribution in [0.25, 0.3) is 0 Å². The second-order valence-electron chi connectivity index (χ2n) is 3.34. The molecule has 0 spiro atoms. The number of aromatic nitrogens is 1. The van der Waals surface area contributed by atoms with Crippen LogP contribution in [0, 0.1) is 10.1 Å². The monoisotopic (exact) mass is 239 g/mol. The molecule has 0 aromatic carbocycles. The van der Waals surface area contributed by atoms with E-state index in [2.05, 4.69) is 15.6 Å². The van der Waals surface area contributed by atoms with Crippen LogP contribution in [0.15, 0.2) is 12.1 Å². The van der Waals surface area contributed by atoms with Gasteiger partial charge in [-0.2, -0.15) is 0 Å². The van der Waals surface area contributed by atoms with Gasteiger partial charge in [0.1, 0.15) is 11.9 Å². The van der Waals surface area contributed by atoms with Crippen molar-refractivity contribution in [3.8, 4) is 0 Å². The van der Waals surface area contributed by atoms with Gasteiger partial charge in [0.05, 0.1) is 4.92 Å². The van der Waals surface area contributed by atoms with E-state index in [1.165, 1.54) is 19.2 Å². The van der Waals surface area contributed by atoms with Gasteiger partial charge in [0.15, 0.2) is 0 Å². The predicted octanol–water partition coefficient (Wildman–Crippen LogP) is 0.118. The molecule has 17 heavy (non-hydrogen) atoms. The maximum absolute atomic E-state index is 11.2. The molecule has 0 radical (unpaired) electrons. The number of carbonyl (C=O) groups excluding carboxylic acids is 1. The van der Waals surface area contributed by atoms with E-state index in [4.69, 9.17) is 5.73 Å². The Balaban J connectivity index is 2.84. The minimum atomic E-state index is -0.617. The van der Waals surface area contributed by atoms with E-state index in [1.807, 2.05) is 0 Å². The lowest BCUT2D eigenvalue weighted by atomic mass is 10.3. The molecule has 0 bridgehead atoms. The van der Waals surface area contributed by atoms with Crippen LogP contribution in [0.5, 0.6) is 0 Å². The van der Waals surface area contributed by atoms with Crippen molar-refractivity contribution in [1.29, 1.82) is 0 Å². The Morgan fingerprint density at radius 3 is 2.71 bits per heavy atom. The molecule has 92 valence electrons. The van der Waals surface area contributed by atoms with Crippen molar-refractivity contribution in [3.63, 3.8) is 0 Å². The van der Waals surface area contributed by atoms with Crippen LogP contribution in [-0.2, 0) is 4.79 Å². The van der Waals surface area contributed by atoms with Crippen molar-refractivity contribution < 1.29 is 9.72 Å². The van der Waals surface area contributed by atoms with Crippen molar-refractivity contribution in [2.75, 3.05) is 18.1 Å². The number of carbonyl (C=O) groups is 1. The van der Waals surface area contributed by atoms with Crippen molar-refractivity contribution in [3.05, 3.63) is 22.2 Å². The van der Waals surface area contributed by atoms with Crippen LogP contribution in [-0.4, -0.2) is 28.9 Å². The highest BCUT2D eigenvalue weighted by Crippen LogP contribution is 2.20. The fourth-order valence-electron chi connectivity index (χ4n) is 1.21. The first kappa shape index (κ1) is 12.7. The molecule has 8 nitrogen and oxygen atoms in total. The lowest BCUT2D eigenvalue weighted by Gasteiger charge is -2.12. The molecule has 0 saturated heterocycles. The minimum Gasteiger partial charge on any atom is -0.378 e. The summed E-state index contributed by atoms with van der Waals surface area (Å²) in [5, 5.41) is 15.7. The number of nitrogens with two attached hydrogens (primary N) is 1. The summed E-state index contributed by atoms with van der Waals surface area (Å²) < 4.78 is 0. The first-order chi connectivity index (χ1) is 7.95. The Kier molecular flexibility index (Phi) is 3.81. The molecule has 0 aliphatic heterocycles. The standard InChI is InChI=1S/C9H13N5O3/c1-5(9(15)11-2)12-7-4-3-6(14(16)17)8(10)13-7/h3-5H,1-2H3,(H,11,15)(H3,10,12,13). The molecule has 1 aromatic rings. The van der Waals surface area contributed by atoms with Gasteiger partial charge < -0.3 is 16.4 Å². The Hall–Kier alpha value is -2.38. The van der Waals surface area contributed by atoms with Gasteiger partial charge in [-0.3, -0.25) is 14.9 Å². The minimum absolute atomic E-state index is 0.191. The number of pyridine rings is 1. The van der Waals surface area contributed by atoms with E-state index < -0.39 is 11.0 Å². The molecular formula is C9H13N5O3. The average molecular weight is 239 g/mol. The average Bonchev–Trinajstić information content (AvgIpc) is 2.27. The number of hydrogen-bond acceptors (Lipinski definition) is 6. The number of likely N-dealkylation sites (N-methyl/N-ethyl adjacent to an activating group) is 1. The molecular weight excluding hydrogens is 226 g/mol. The third kappa shape index (κ3) is 3.03. The van der Waals surface area contributed by atoms with Crippen molar-refractivity contribution >= 4 is 23.2 Å². The third-order valence-corrected chi connectivity index (χ3v) is 2.10. The molecule has 4 N–H and O–H groups in total. The zero-order valence-electron chi connectivity index (χ0n) is 9.43. The van der Waals surface area contributed by atoms with Crippen LogP contribution in [0.2, 0.25) is 0 Å². The molecule has 1 heterocycles. The summed E-state index contributed by atoms with van der Waals surface area (Å²) in [6, 6.07) is 2.13. The van der Waals surface area contributed by atoms with E-state index in [9.17, 15) is 14.9 Å². The van der Waals surface area contributed by atoms with Crippen LogP contribution >= 0.6 is 0 Å². The fraction of sp³-hybridized carbons (Fsp3) is 0.333. The normalized spacial score (nSPS) is 11.6. The molecule has 0 aliphatic rings. The highest BCUT2D eigenvalue weighted by Gasteiger charge is 2.15. The van der Waals surface area contributed by atoms with Gasteiger partial charge in [-0.05, 0) is 13.0 Å². The number of amides is 1. The van der Waals surface area contributed by atoms with Crippen molar-refractivity contribution in [1.82, 2.24) is 10.3 Å². The lowest BCUT2D eigenvalue weighted by Crippen LogP contribution is -2.35. The molecule has 0 aliphatic carbocycles. The van der Waals surface area contributed by atoms with Gasteiger partial charge in [-0.1, -0.05) is 0 Å². The Morgan fingerprint density at radius 1 is 1.59 bits per heavy atom. The van der Waals surface area contributed by atoms with Gasteiger partial charge in [0.25, 0.3) is 0 Å². The highest BCUT2D eigenvalue weighted by atomic mass is 16.6. The smallest absolute Gasteiger partial charge is 0.311 e. The maximum Gasteiger partial charge on any atom is 0.311 e. The van der Waals surface area contributed by atoms with E-state index in [0.717, 1.165) is 0 Å². The van der Waals surface area contributed by atoms with Crippen LogP contribution in [0.1, 0.15) is 6.92 Å². The fourth-order valence-corrected chi connectivity index (χ4v) is 1.21. The van der Waals surface area contributed by atoms with Gasteiger partial charge >= 0.3 is 5.69 Å². The van der Waals surface area contributed by atoms with Gasteiger partial charge in [-0.25, -0.2) is 4.98 Å². The number of anilines is 2. The predicted molar refractivity (Wildman–Crippen MR) is 62.5 cm³/mol. The molecule has 0 fully saturated rings. The molecule has 1 unspecified atom stereocenters. The highest BCUT2D eigenvalue weighted by molar-refractivity contribution is 5.83. The number of nitrogens with zero attached hydrogens (tertiary/aromatic N) is 2. The number of hydrogen-bond donors (Lipinski definition) is 3. The van der Waals surface area contributed by atoms with Gasteiger partial charge in [0, 0.05) is 13.1 Å². The number of nitrogen functional groups attached to an aromatic ring is 1. The summed E-state index contributed by atoms with van der Waals surface area (Å²) in [5.74, 6) is -0.1000. The second-order valence-corrected chi connectivity index (χ2v) is 3.34. The van der Waals surface area contributed by atoms with Crippen LogP contribution in [0.4, 0.5) is 17.3 Å². The molecule has 0 saturated carbocycles. The first-order valence-corrected chi connectivity index (χ1v) is 4.84. The molecule has 1 atom stereocenters. The molecule has 1 aromatic heterocycles. The summed E-state index contributed by atoms with van der Waals surface area (Å²) in [7, 11) is 1.51. The number of nitro groups is 1. The van der Waals surface area contributed by atoms with Crippen molar-refractivity contribution in [2.24, 2.45) is 0 Å². The van der Waals surface area contributed by atoms with Crippen molar-refractivity contribution in [2.45, 2.75) is 13.0 Å². The third-order valence-electron chi connectivity index (χ3n) is 2.10. The van der Waals surface area contributed by atoms with Gasteiger partial charge in [-0.15, -0.1) is 0 Å². The zero-order chi connectivity index (χ0) is 13.0. The molecule has 8 heteroatoms. The summed E-state index contributed by atoms with van der Waals surface area (Å²) in [6.45, 7) is 1.64. The number of rotatable bonds is 4. The molecule has 1 rings (SSSR count). The quantitative estimate of drug-likeness (QED) is 0.506. The summed E-state index contributed by atoms with van der Waals surface area (Å²) >= 11 is 0. The summed E-state index contributed by atoms with van der Waals surface area (Å²) in [6.07, 6.45) is 0. The Labute approximate surface area is 97.4 Å². The Morgan fingerprint density at radius 2 is 2.24 bits per heavy atom. The van der Waals surface area contributed by atoms with Crippen LogP contribution < -0.4 is 16.4 Å². The Bertz CT molecular complexity index is 448. The topological polar surface area (TPSA) is 123 Å². The lowest BCUT2D eigenvalue weighted by molar-refractivity contribution is -0.384. The summed E-state index contributed by atoms with van der Waals surface area (Å²) in [5.41, 5.74) is 5.15. The van der Waals surface area contributed by atoms with Gasteiger partial charge in [0.2, 0.25) is 11.7 Å².